The standard InChI is InChI=1S/C22H19BrN4O4S/c1-29-17-8-14-16(9-18(17)30-2)24-11-25-21(14)26-12-4-6-13(7-5-12)27-22(28)15-10-32-20(23)19(15)31-3/h4-11H,1-3H3,(H,27,28)(H,24,25,26). The number of nitrogens with one attached hydrogen (secondary N) is 2. The van der Waals surface area contributed by atoms with Gasteiger partial charge in [0.15, 0.2) is 17.2 Å². The molecule has 0 aliphatic heterocycles. The molecule has 0 atom stereocenters. The van der Waals surface area contributed by atoms with E-state index in [0.717, 1.165) is 20.4 Å². The summed E-state index contributed by atoms with van der Waals surface area (Å²) in [6.45, 7) is 0. The minimum atomic E-state index is -0.243. The highest BCUT2D eigenvalue weighted by molar-refractivity contribution is 9.11. The Hall–Kier alpha value is -3.37. The maximum Gasteiger partial charge on any atom is 0.260 e. The largest absolute Gasteiger partial charge is 0.494 e. The number of aromatic nitrogens is 2. The summed E-state index contributed by atoms with van der Waals surface area (Å²) in [6, 6.07) is 11.0. The second kappa shape index (κ2) is 9.41. The Morgan fingerprint density at radius 1 is 0.969 bits per heavy atom. The third-order valence-corrected chi connectivity index (χ3v) is 6.37. The van der Waals surface area contributed by atoms with Gasteiger partial charge in [0.25, 0.3) is 5.91 Å². The topological polar surface area (TPSA) is 94.6 Å². The molecule has 0 aliphatic carbocycles. The van der Waals surface area contributed by atoms with Gasteiger partial charge in [-0.2, -0.15) is 0 Å². The monoisotopic (exact) mass is 514 g/mol. The molecule has 0 spiro atoms. The van der Waals surface area contributed by atoms with Crippen LogP contribution < -0.4 is 24.8 Å². The molecule has 4 aromatic rings. The van der Waals surface area contributed by atoms with Crippen molar-refractivity contribution in [2.75, 3.05) is 32.0 Å². The fraction of sp³-hybridized carbons (Fsp3) is 0.136. The number of thiophene rings is 1. The lowest BCUT2D eigenvalue weighted by Gasteiger charge is -2.12. The molecule has 0 radical (unpaired) electrons. The first kappa shape index (κ1) is 21.8. The second-order valence-corrected chi connectivity index (χ2v) is 8.76. The van der Waals surface area contributed by atoms with Crippen molar-refractivity contribution in [3.05, 3.63) is 57.5 Å². The number of halogens is 1. The smallest absolute Gasteiger partial charge is 0.260 e. The molecule has 0 unspecified atom stereocenters. The van der Waals surface area contributed by atoms with E-state index in [2.05, 4.69) is 36.5 Å². The van der Waals surface area contributed by atoms with Gasteiger partial charge in [0.1, 0.15) is 15.9 Å². The van der Waals surface area contributed by atoms with E-state index in [-0.39, 0.29) is 5.91 Å². The van der Waals surface area contributed by atoms with Crippen LogP contribution in [0.25, 0.3) is 10.9 Å². The van der Waals surface area contributed by atoms with Gasteiger partial charge in [0.05, 0.1) is 32.4 Å². The van der Waals surface area contributed by atoms with E-state index in [1.807, 2.05) is 18.2 Å². The van der Waals surface area contributed by atoms with Gasteiger partial charge in [0, 0.05) is 28.2 Å². The molecule has 2 aromatic heterocycles. The average Bonchev–Trinajstić information content (AvgIpc) is 3.20. The van der Waals surface area contributed by atoms with Crippen molar-refractivity contribution in [1.82, 2.24) is 9.97 Å². The summed E-state index contributed by atoms with van der Waals surface area (Å²) in [5, 5.41) is 8.70. The molecule has 0 saturated carbocycles. The molecule has 0 bridgehead atoms. The number of fused-ring (bicyclic) bond motifs is 1. The summed E-state index contributed by atoms with van der Waals surface area (Å²) >= 11 is 4.78. The maximum absolute atomic E-state index is 12.6. The van der Waals surface area contributed by atoms with Crippen LogP contribution in [-0.2, 0) is 0 Å². The van der Waals surface area contributed by atoms with E-state index < -0.39 is 0 Å². The zero-order valence-electron chi connectivity index (χ0n) is 17.4. The van der Waals surface area contributed by atoms with Crippen molar-refractivity contribution in [3.8, 4) is 17.2 Å². The number of hydrogen-bond donors (Lipinski definition) is 2. The summed E-state index contributed by atoms with van der Waals surface area (Å²) in [7, 11) is 4.70. The molecular weight excluding hydrogens is 496 g/mol. The number of methoxy groups -OCH3 is 3. The Morgan fingerprint density at radius 2 is 1.66 bits per heavy atom. The molecule has 8 nitrogen and oxygen atoms in total. The zero-order valence-corrected chi connectivity index (χ0v) is 19.8. The normalized spacial score (nSPS) is 10.6. The van der Waals surface area contributed by atoms with Gasteiger partial charge in [-0.1, -0.05) is 0 Å². The van der Waals surface area contributed by atoms with Crippen LogP contribution in [0.1, 0.15) is 10.4 Å². The summed E-state index contributed by atoms with van der Waals surface area (Å²) < 4.78 is 16.8. The highest BCUT2D eigenvalue weighted by Crippen LogP contribution is 2.36. The first-order valence-electron chi connectivity index (χ1n) is 9.40. The summed E-state index contributed by atoms with van der Waals surface area (Å²) in [4.78, 5) is 21.3. The fourth-order valence-corrected chi connectivity index (χ4v) is 4.52. The molecule has 2 N–H and O–H groups in total. The molecule has 0 aliphatic rings. The lowest BCUT2D eigenvalue weighted by molar-refractivity contribution is 0.102. The highest BCUT2D eigenvalue weighted by Gasteiger charge is 2.17. The van der Waals surface area contributed by atoms with E-state index in [9.17, 15) is 4.79 Å². The Labute approximate surface area is 196 Å². The van der Waals surface area contributed by atoms with Gasteiger partial charge in [-0.3, -0.25) is 4.79 Å². The number of hydrogen-bond acceptors (Lipinski definition) is 8. The summed E-state index contributed by atoms with van der Waals surface area (Å²) in [5.41, 5.74) is 2.65. The van der Waals surface area contributed by atoms with Crippen LogP contribution in [-0.4, -0.2) is 37.2 Å². The predicted molar refractivity (Wildman–Crippen MR) is 129 cm³/mol. The first-order chi connectivity index (χ1) is 15.5. The Balaban J connectivity index is 1.54. The third kappa shape index (κ3) is 4.32. The van der Waals surface area contributed by atoms with Crippen LogP contribution in [0.3, 0.4) is 0 Å². The third-order valence-electron chi connectivity index (χ3n) is 4.70. The van der Waals surface area contributed by atoms with E-state index in [1.165, 1.54) is 24.8 Å². The Morgan fingerprint density at radius 3 is 2.34 bits per heavy atom. The van der Waals surface area contributed by atoms with Gasteiger partial charge < -0.3 is 24.8 Å². The van der Waals surface area contributed by atoms with Gasteiger partial charge in [0.2, 0.25) is 0 Å². The highest BCUT2D eigenvalue weighted by atomic mass is 79.9. The van der Waals surface area contributed by atoms with Crippen LogP contribution in [0, 0.1) is 0 Å². The van der Waals surface area contributed by atoms with E-state index >= 15 is 0 Å². The molecule has 164 valence electrons. The van der Waals surface area contributed by atoms with E-state index in [1.54, 1.807) is 37.8 Å². The molecule has 4 rings (SSSR count). The van der Waals surface area contributed by atoms with Gasteiger partial charge in [-0.05, 0) is 46.3 Å². The molecule has 2 heterocycles. The van der Waals surface area contributed by atoms with Gasteiger partial charge in [-0.25, -0.2) is 9.97 Å². The number of ether oxygens (including phenoxy) is 3. The number of carbonyl (C=O) groups is 1. The summed E-state index contributed by atoms with van der Waals surface area (Å²) in [5.74, 6) is 2.09. The molecule has 32 heavy (non-hydrogen) atoms. The van der Waals surface area contributed by atoms with Gasteiger partial charge in [-0.15, -0.1) is 11.3 Å². The van der Waals surface area contributed by atoms with Crippen molar-refractivity contribution in [1.29, 1.82) is 0 Å². The Bertz CT molecular complexity index is 1280. The van der Waals surface area contributed by atoms with Crippen LogP contribution in [0.4, 0.5) is 17.2 Å². The molecule has 0 saturated heterocycles. The number of amides is 1. The lowest BCUT2D eigenvalue weighted by Crippen LogP contribution is -2.12. The van der Waals surface area contributed by atoms with Crippen molar-refractivity contribution >= 4 is 61.3 Å². The van der Waals surface area contributed by atoms with Crippen molar-refractivity contribution in [2.45, 2.75) is 0 Å². The molecule has 2 aromatic carbocycles. The average molecular weight is 515 g/mol. The van der Waals surface area contributed by atoms with E-state index in [0.29, 0.717) is 34.3 Å². The van der Waals surface area contributed by atoms with Crippen molar-refractivity contribution in [2.24, 2.45) is 0 Å². The Kier molecular flexibility index (Phi) is 6.42. The van der Waals surface area contributed by atoms with Crippen LogP contribution in [0.15, 0.2) is 51.9 Å². The quantitative estimate of drug-likeness (QED) is 0.337. The SMILES string of the molecule is COc1cc2ncnc(Nc3ccc(NC(=O)c4csc(Br)c4OC)cc3)c2cc1OC. The predicted octanol–water partition coefficient (Wildman–Crippen LogP) is 5.48. The summed E-state index contributed by atoms with van der Waals surface area (Å²) in [6.07, 6.45) is 1.48. The molecule has 10 heteroatoms. The van der Waals surface area contributed by atoms with E-state index in [4.69, 9.17) is 14.2 Å². The minimum absolute atomic E-state index is 0.243. The lowest BCUT2D eigenvalue weighted by atomic mass is 10.2. The van der Waals surface area contributed by atoms with Crippen LogP contribution >= 0.6 is 27.3 Å². The molecule has 1 amide bonds. The van der Waals surface area contributed by atoms with Crippen LogP contribution in [0.2, 0.25) is 0 Å². The van der Waals surface area contributed by atoms with Crippen LogP contribution in [0.5, 0.6) is 17.2 Å². The first-order valence-corrected chi connectivity index (χ1v) is 11.1. The number of anilines is 3. The number of nitrogens with zero attached hydrogens (tertiary/aromatic N) is 2. The molecule has 0 fully saturated rings. The zero-order chi connectivity index (χ0) is 22.7. The van der Waals surface area contributed by atoms with Gasteiger partial charge >= 0.3 is 0 Å². The maximum atomic E-state index is 12.6. The number of carbonyl (C=O) groups excluding carboxylic acids is 1. The number of rotatable bonds is 7. The fourth-order valence-electron chi connectivity index (χ4n) is 3.13. The minimum Gasteiger partial charge on any atom is -0.494 e. The number of benzene rings is 2. The molecular formula is C22H19BrN4O4S. The second-order valence-electron chi connectivity index (χ2n) is 6.56. The van der Waals surface area contributed by atoms with Crippen molar-refractivity contribution in [3.63, 3.8) is 0 Å². The van der Waals surface area contributed by atoms with Crippen molar-refractivity contribution < 1.29 is 19.0 Å².